The summed E-state index contributed by atoms with van der Waals surface area (Å²) in [6, 6.07) is 0. The van der Waals surface area contributed by atoms with E-state index in [1.54, 1.807) is 17.9 Å². The van der Waals surface area contributed by atoms with Gasteiger partial charge in [0.25, 0.3) is 5.91 Å². The number of aliphatic hydroxyl groups is 1. The Morgan fingerprint density at radius 1 is 1.56 bits per heavy atom. The van der Waals surface area contributed by atoms with Crippen LogP contribution >= 0.6 is 0 Å². The molecule has 0 saturated heterocycles. The molecule has 0 radical (unpaired) electrons. The fourth-order valence-electron chi connectivity index (χ4n) is 1.92. The monoisotopic (exact) mass is 253 g/mol. The van der Waals surface area contributed by atoms with Gasteiger partial charge < -0.3 is 10.4 Å². The Hall–Kier alpha value is -1.36. The highest BCUT2D eigenvalue weighted by Crippen LogP contribution is 2.08. The predicted octanol–water partition coefficient (Wildman–Crippen LogP) is 1.12. The fraction of sp³-hybridized carbons (Fsp3) is 0.692. The van der Waals surface area contributed by atoms with Crippen LogP contribution < -0.4 is 5.32 Å². The predicted molar refractivity (Wildman–Crippen MR) is 70.4 cm³/mol. The number of nitrogens with one attached hydrogen (secondary N) is 1. The van der Waals surface area contributed by atoms with E-state index in [0.717, 1.165) is 12.1 Å². The lowest BCUT2D eigenvalue weighted by atomic mass is 10.1. The van der Waals surface area contributed by atoms with E-state index in [9.17, 15) is 9.90 Å². The Balaban J connectivity index is 2.54. The molecule has 0 aliphatic carbocycles. The van der Waals surface area contributed by atoms with E-state index in [4.69, 9.17) is 0 Å². The average molecular weight is 253 g/mol. The van der Waals surface area contributed by atoms with Crippen LogP contribution in [-0.4, -0.2) is 33.4 Å². The SMILES string of the molecule is CCc1nn(C)cc1C(=O)NCC(O)CC(C)C. The van der Waals surface area contributed by atoms with Gasteiger partial charge in [-0.3, -0.25) is 9.48 Å². The number of hydrogen-bond donors (Lipinski definition) is 2. The molecular weight excluding hydrogens is 230 g/mol. The lowest BCUT2D eigenvalue weighted by Crippen LogP contribution is -2.33. The number of amides is 1. The maximum Gasteiger partial charge on any atom is 0.254 e. The molecule has 0 fully saturated rings. The molecule has 18 heavy (non-hydrogen) atoms. The van der Waals surface area contributed by atoms with Gasteiger partial charge in [-0.2, -0.15) is 5.10 Å². The number of hydrogen-bond acceptors (Lipinski definition) is 3. The van der Waals surface area contributed by atoms with Crippen LogP contribution in [0, 0.1) is 5.92 Å². The Labute approximate surface area is 108 Å². The van der Waals surface area contributed by atoms with Gasteiger partial charge in [0.2, 0.25) is 0 Å². The van der Waals surface area contributed by atoms with Crippen LogP contribution in [0.5, 0.6) is 0 Å². The summed E-state index contributed by atoms with van der Waals surface area (Å²) < 4.78 is 1.64. The van der Waals surface area contributed by atoms with E-state index >= 15 is 0 Å². The van der Waals surface area contributed by atoms with Gasteiger partial charge in [0.1, 0.15) is 0 Å². The quantitative estimate of drug-likeness (QED) is 0.798. The number of aliphatic hydroxyl groups excluding tert-OH is 1. The maximum absolute atomic E-state index is 12.0. The van der Waals surface area contributed by atoms with E-state index in [1.165, 1.54) is 0 Å². The standard InChI is InChI=1S/C13H23N3O2/c1-5-12-11(8-16(4)15-12)13(18)14-7-10(17)6-9(2)3/h8-10,17H,5-7H2,1-4H3,(H,14,18). The van der Waals surface area contributed by atoms with Crippen molar-refractivity contribution in [3.05, 3.63) is 17.5 Å². The molecule has 5 heteroatoms. The maximum atomic E-state index is 12.0. The number of carbonyl (C=O) groups is 1. The van der Waals surface area contributed by atoms with Crippen LogP contribution in [0.4, 0.5) is 0 Å². The number of rotatable bonds is 6. The minimum absolute atomic E-state index is 0.164. The van der Waals surface area contributed by atoms with E-state index in [1.807, 2.05) is 20.8 Å². The largest absolute Gasteiger partial charge is 0.391 e. The van der Waals surface area contributed by atoms with E-state index in [-0.39, 0.29) is 12.5 Å². The number of carbonyl (C=O) groups excluding carboxylic acids is 1. The van der Waals surface area contributed by atoms with Crippen LogP contribution in [0.1, 0.15) is 43.2 Å². The molecule has 1 aromatic rings. The molecule has 0 bridgehead atoms. The first-order valence-electron chi connectivity index (χ1n) is 6.42. The summed E-state index contributed by atoms with van der Waals surface area (Å²) in [6.07, 6.45) is 2.63. The highest BCUT2D eigenvalue weighted by atomic mass is 16.3. The van der Waals surface area contributed by atoms with Crippen molar-refractivity contribution in [2.75, 3.05) is 6.54 Å². The molecule has 2 N–H and O–H groups in total. The zero-order chi connectivity index (χ0) is 13.7. The summed E-state index contributed by atoms with van der Waals surface area (Å²) in [5.41, 5.74) is 1.38. The van der Waals surface area contributed by atoms with Crippen molar-refractivity contribution < 1.29 is 9.90 Å². The Morgan fingerprint density at radius 3 is 2.78 bits per heavy atom. The van der Waals surface area contributed by atoms with Gasteiger partial charge in [-0.15, -0.1) is 0 Å². The Kier molecular flexibility index (Phi) is 5.34. The van der Waals surface area contributed by atoms with Crippen molar-refractivity contribution in [1.29, 1.82) is 0 Å². The van der Waals surface area contributed by atoms with Crippen molar-refractivity contribution in [3.63, 3.8) is 0 Å². The Bertz CT molecular complexity index is 399. The molecule has 1 rings (SSSR count). The van der Waals surface area contributed by atoms with Crippen molar-refractivity contribution in [2.24, 2.45) is 13.0 Å². The molecule has 1 heterocycles. The molecular formula is C13H23N3O2. The molecule has 0 aliphatic heterocycles. The van der Waals surface area contributed by atoms with Gasteiger partial charge in [-0.1, -0.05) is 20.8 Å². The topological polar surface area (TPSA) is 67.2 Å². The molecule has 0 aliphatic rings. The Morgan fingerprint density at radius 2 is 2.22 bits per heavy atom. The minimum Gasteiger partial charge on any atom is -0.391 e. The molecule has 1 amide bonds. The van der Waals surface area contributed by atoms with E-state index < -0.39 is 6.10 Å². The first kappa shape index (κ1) is 14.7. The molecule has 0 spiro atoms. The van der Waals surface area contributed by atoms with Gasteiger partial charge in [-0.25, -0.2) is 0 Å². The molecule has 0 saturated carbocycles. The van der Waals surface area contributed by atoms with E-state index in [0.29, 0.717) is 17.9 Å². The zero-order valence-corrected chi connectivity index (χ0v) is 11.6. The summed E-state index contributed by atoms with van der Waals surface area (Å²) in [7, 11) is 1.80. The molecule has 1 unspecified atom stereocenters. The summed E-state index contributed by atoms with van der Waals surface area (Å²) in [4.78, 5) is 12.0. The number of nitrogens with zero attached hydrogens (tertiary/aromatic N) is 2. The van der Waals surface area contributed by atoms with Crippen LogP contribution in [0.3, 0.4) is 0 Å². The third kappa shape index (κ3) is 4.14. The summed E-state index contributed by atoms with van der Waals surface area (Å²) in [6.45, 7) is 6.34. The number of aryl methyl sites for hydroxylation is 2. The second-order valence-electron chi connectivity index (χ2n) is 5.01. The summed E-state index contributed by atoms with van der Waals surface area (Å²) in [5.74, 6) is 0.254. The molecule has 5 nitrogen and oxygen atoms in total. The zero-order valence-electron chi connectivity index (χ0n) is 11.6. The summed E-state index contributed by atoms with van der Waals surface area (Å²) in [5, 5.41) is 16.7. The molecule has 1 aromatic heterocycles. The minimum atomic E-state index is -0.490. The van der Waals surface area contributed by atoms with Gasteiger partial charge >= 0.3 is 0 Å². The number of aromatic nitrogens is 2. The normalized spacial score (nSPS) is 12.8. The third-order valence-corrected chi connectivity index (χ3v) is 2.73. The van der Waals surface area contributed by atoms with Crippen LogP contribution in [0.25, 0.3) is 0 Å². The van der Waals surface area contributed by atoms with E-state index in [2.05, 4.69) is 10.4 Å². The van der Waals surface area contributed by atoms with Crippen molar-refractivity contribution >= 4 is 5.91 Å². The average Bonchev–Trinajstić information content (AvgIpc) is 2.66. The first-order chi connectivity index (χ1) is 8.43. The van der Waals surface area contributed by atoms with Crippen molar-refractivity contribution in [1.82, 2.24) is 15.1 Å². The lowest BCUT2D eigenvalue weighted by Gasteiger charge is -2.13. The van der Waals surface area contributed by atoms with Crippen LogP contribution in [0.15, 0.2) is 6.20 Å². The molecule has 102 valence electrons. The van der Waals surface area contributed by atoms with Gasteiger partial charge in [0.15, 0.2) is 0 Å². The van der Waals surface area contributed by atoms with Gasteiger partial charge in [0.05, 0.1) is 17.4 Å². The van der Waals surface area contributed by atoms with Crippen LogP contribution in [0.2, 0.25) is 0 Å². The smallest absolute Gasteiger partial charge is 0.254 e. The van der Waals surface area contributed by atoms with Gasteiger partial charge in [0, 0.05) is 19.8 Å². The van der Waals surface area contributed by atoms with Crippen LogP contribution in [-0.2, 0) is 13.5 Å². The summed E-state index contributed by atoms with van der Waals surface area (Å²) >= 11 is 0. The second-order valence-corrected chi connectivity index (χ2v) is 5.01. The highest BCUT2D eigenvalue weighted by Gasteiger charge is 2.15. The first-order valence-corrected chi connectivity index (χ1v) is 6.42. The van der Waals surface area contributed by atoms with Gasteiger partial charge in [-0.05, 0) is 18.8 Å². The molecule has 0 aromatic carbocycles. The van der Waals surface area contributed by atoms with Crippen molar-refractivity contribution in [2.45, 2.75) is 39.7 Å². The fourth-order valence-corrected chi connectivity index (χ4v) is 1.92. The second kappa shape index (κ2) is 6.54. The highest BCUT2D eigenvalue weighted by molar-refractivity contribution is 5.95. The lowest BCUT2D eigenvalue weighted by molar-refractivity contribution is 0.0899. The van der Waals surface area contributed by atoms with Crippen molar-refractivity contribution in [3.8, 4) is 0 Å². The third-order valence-electron chi connectivity index (χ3n) is 2.73. The molecule has 1 atom stereocenters.